The van der Waals surface area contributed by atoms with E-state index < -0.39 is 10.0 Å². The summed E-state index contributed by atoms with van der Waals surface area (Å²) in [6, 6.07) is 0. The molecule has 1 aliphatic heterocycles. The summed E-state index contributed by atoms with van der Waals surface area (Å²) < 4.78 is 25.2. The van der Waals surface area contributed by atoms with Crippen molar-refractivity contribution in [2.75, 3.05) is 24.2 Å². The van der Waals surface area contributed by atoms with Crippen molar-refractivity contribution in [3.05, 3.63) is 5.01 Å². The molecule has 1 aliphatic rings. The van der Waals surface area contributed by atoms with Gasteiger partial charge in [-0.05, 0) is 26.2 Å². The minimum atomic E-state index is -3.16. The minimum Gasteiger partial charge on any atom is -0.300 e. The average molecular weight is 375 g/mol. The van der Waals surface area contributed by atoms with Crippen LogP contribution in [-0.4, -0.2) is 47.7 Å². The predicted molar refractivity (Wildman–Crippen MR) is 95.5 cm³/mol. The number of amides is 1. The maximum Gasteiger partial charge on any atom is 0.229 e. The first-order valence-electron chi connectivity index (χ1n) is 8.57. The van der Waals surface area contributed by atoms with Gasteiger partial charge in [-0.2, -0.15) is 0 Å². The van der Waals surface area contributed by atoms with Crippen LogP contribution in [0, 0.1) is 5.92 Å². The van der Waals surface area contributed by atoms with Gasteiger partial charge in [0.2, 0.25) is 21.1 Å². The van der Waals surface area contributed by atoms with E-state index in [1.54, 1.807) is 6.92 Å². The topological polar surface area (TPSA) is 92.3 Å². The van der Waals surface area contributed by atoms with E-state index in [1.165, 1.54) is 22.1 Å². The van der Waals surface area contributed by atoms with E-state index in [0.29, 0.717) is 31.1 Å². The molecule has 1 N–H and O–H groups in total. The van der Waals surface area contributed by atoms with Gasteiger partial charge in [0.05, 0.1) is 5.75 Å². The number of sulfonamides is 1. The third-order valence-electron chi connectivity index (χ3n) is 4.27. The van der Waals surface area contributed by atoms with Crippen molar-refractivity contribution in [3.63, 3.8) is 0 Å². The number of piperidine rings is 1. The molecule has 1 aromatic rings. The third-order valence-corrected chi connectivity index (χ3v) is 7.05. The quantitative estimate of drug-likeness (QED) is 0.705. The maximum absolute atomic E-state index is 12.3. The second-order valence-electron chi connectivity index (χ2n) is 6.02. The van der Waals surface area contributed by atoms with Crippen LogP contribution in [-0.2, 0) is 21.2 Å². The first kappa shape index (κ1) is 19.3. The van der Waals surface area contributed by atoms with E-state index in [-0.39, 0.29) is 17.6 Å². The van der Waals surface area contributed by atoms with Gasteiger partial charge < -0.3 is 5.32 Å². The van der Waals surface area contributed by atoms with Crippen LogP contribution in [0.1, 0.15) is 51.0 Å². The minimum absolute atomic E-state index is 0.0835. The molecule has 0 unspecified atom stereocenters. The van der Waals surface area contributed by atoms with Crippen LogP contribution in [0.3, 0.4) is 0 Å². The van der Waals surface area contributed by atoms with Gasteiger partial charge >= 0.3 is 0 Å². The molecule has 2 heterocycles. The summed E-state index contributed by atoms with van der Waals surface area (Å²) in [4.78, 5) is 12.3. The van der Waals surface area contributed by atoms with Crippen molar-refractivity contribution < 1.29 is 13.2 Å². The van der Waals surface area contributed by atoms with Crippen molar-refractivity contribution >= 4 is 32.4 Å². The van der Waals surface area contributed by atoms with E-state index in [4.69, 9.17) is 0 Å². The van der Waals surface area contributed by atoms with Crippen molar-refractivity contribution in [3.8, 4) is 0 Å². The zero-order valence-corrected chi connectivity index (χ0v) is 16.0. The fourth-order valence-electron chi connectivity index (χ4n) is 2.72. The number of nitrogens with one attached hydrogen (secondary N) is 1. The summed E-state index contributed by atoms with van der Waals surface area (Å²) in [5.74, 6) is -0.143. The molecule has 0 radical (unpaired) electrons. The lowest BCUT2D eigenvalue weighted by Gasteiger charge is -2.29. The highest BCUT2D eigenvalue weighted by molar-refractivity contribution is 7.89. The Balaban J connectivity index is 1.81. The van der Waals surface area contributed by atoms with Crippen molar-refractivity contribution in [2.24, 2.45) is 5.92 Å². The van der Waals surface area contributed by atoms with Crippen LogP contribution < -0.4 is 5.32 Å². The number of unbranched alkanes of at least 4 members (excludes halogenated alkanes) is 2. The molecule has 0 atom stereocenters. The van der Waals surface area contributed by atoms with Crippen LogP contribution in [0.2, 0.25) is 0 Å². The summed E-state index contributed by atoms with van der Waals surface area (Å²) in [6.45, 7) is 4.61. The van der Waals surface area contributed by atoms with Crippen molar-refractivity contribution in [1.82, 2.24) is 14.5 Å². The van der Waals surface area contributed by atoms with E-state index >= 15 is 0 Å². The molecule has 1 amide bonds. The van der Waals surface area contributed by atoms with Gasteiger partial charge in [-0.3, -0.25) is 4.79 Å². The number of aryl methyl sites for hydroxylation is 1. The molecule has 0 spiro atoms. The largest absolute Gasteiger partial charge is 0.300 e. The lowest BCUT2D eigenvalue weighted by atomic mass is 9.97. The van der Waals surface area contributed by atoms with Gasteiger partial charge in [0.15, 0.2) is 0 Å². The summed E-state index contributed by atoms with van der Waals surface area (Å²) in [5.41, 5.74) is 0. The average Bonchev–Trinajstić information content (AvgIpc) is 3.02. The van der Waals surface area contributed by atoms with Gasteiger partial charge in [0.1, 0.15) is 5.01 Å². The Kier molecular flexibility index (Phi) is 7.12. The van der Waals surface area contributed by atoms with Gasteiger partial charge in [-0.15, -0.1) is 10.2 Å². The summed E-state index contributed by atoms with van der Waals surface area (Å²) in [5, 5.41) is 12.4. The Bertz CT molecular complexity index is 637. The number of carbonyl (C=O) groups is 1. The number of hydrogen-bond donors (Lipinski definition) is 1. The van der Waals surface area contributed by atoms with Crippen molar-refractivity contribution in [2.45, 2.75) is 52.4 Å². The molecule has 1 fully saturated rings. The first-order valence-corrected chi connectivity index (χ1v) is 11.0. The Morgan fingerprint density at radius 3 is 2.58 bits per heavy atom. The van der Waals surface area contributed by atoms with Gasteiger partial charge in [0.25, 0.3) is 0 Å². The molecule has 0 bridgehead atoms. The molecule has 7 nitrogen and oxygen atoms in total. The number of aromatic nitrogens is 2. The molecule has 1 saturated heterocycles. The summed E-state index contributed by atoms with van der Waals surface area (Å²) in [6.07, 6.45) is 5.41. The number of rotatable bonds is 8. The second-order valence-corrected chi connectivity index (χ2v) is 9.34. The Hall–Kier alpha value is -1.06. The zero-order chi connectivity index (χ0) is 17.6. The van der Waals surface area contributed by atoms with Crippen LogP contribution in [0.25, 0.3) is 0 Å². The molecule has 0 saturated carbocycles. The van der Waals surface area contributed by atoms with E-state index in [2.05, 4.69) is 22.4 Å². The first-order chi connectivity index (χ1) is 11.5. The van der Waals surface area contributed by atoms with E-state index in [1.807, 2.05) is 0 Å². The molecular weight excluding hydrogens is 348 g/mol. The molecule has 24 heavy (non-hydrogen) atoms. The normalized spacial score (nSPS) is 17.1. The SMILES string of the molecule is CCCCCc1nnc(NC(=O)C2CCN(S(=O)(=O)CC)CC2)s1. The predicted octanol–water partition coefficient (Wildman–Crippen LogP) is 2.27. The fourth-order valence-corrected chi connectivity index (χ4v) is 4.63. The molecule has 1 aromatic heterocycles. The molecule has 136 valence electrons. The highest BCUT2D eigenvalue weighted by Crippen LogP contribution is 2.23. The Labute approximate surface area is 147 Å². The Morgan fingerprint density at radius 1 is 1.25 bits per heavy atom. The Morgan fingerprint density at radius 2 is 1.96 bits per heavy atom. The van der Waals surface area contributed by atoms with Gasteiger partial charge in [-0.1, -0.05) is 31.1 Å². The molecule has 2 rings (SSSR count). The van der Waals surface area contributed by atoms with Crippen LogP contribution in [0.4, 0.5) is 5.13 Å². The summed E-state index contributed by atoms with van der Waals surface area (Å²) in [7, 11) is -3.16. The number of carbonyl (C=O) groups excluding carboxylic acids is 1. The lowest BCUT2D eigenvalue weighted by Crippen LogP contribution is -2.42. The number of nitrogens with zero attached hydrogens (tertiary/aromatic N) is 3. The molecule has 0 aliphatic carbocycles. The number of hydrogen-bond acceptors (Lipinski definition) is 6. The third kappa shape index (κ3) is 5.22. The maximum atomic E-state index is 12.3. The smallest absolute Gasteiger partial charge is 0.229 e. The van der Waals surface area contributed by atoms with Crippen LogP contribution in [0.15, 0.2) is 0 Å². The second kappa shape index (κ2) is 8.87. The zero-order valence-electron chi connectivity index (χ0n) is 14.3. The molecule has 9 heteroatoms. The lowest BCUT2D eigenvalue weighted by molar-refractivity contribution is -0.120. The monoisotopic (exact) mass is 374 g/mol. The molecule has 0 aromatic carbocycles. The van der Waals surface area contributed by atoms with Crippen molar-refractivity contribution in [1.29, 1.82) is 0 Å². The van der Waals surface area contributed by atoms with Gasteiger partial charge in [0, 0.05) is 25.4 Å². The highest BCUT2D eigenvalue weighted by atomic mass is 32.2. The van der Waals surface area contributed by atoms with Crippen LogP contribution >= 0.6 is 11.3 Å². The van der Waals surface area contributed by atoms with E-state index in [9.17, 15) is 13.2 Å². The highest BCUT2D eigenvalue weighted by Gasteiger charge is 2.30. The van der Waals surface area contributed by atoms with Gasteiger partial charge in [-0.25, -0.2) is 12.7 Å². The molecular formula is C15H26N4O3S2. The van der Waals surface area contributed by atoms with E-state index in [0.717, 1.165) is 24.3 Å². The fraction of sp³-hybridized carbons (Fsp3) is 0.800. The van der Waals surface area contributed by atoms with Crippen LogP contribution in [0.5, 0.6) is 0 Å². The standard InChI is InChI=1S/C15H26N4O3S2/c1-3-5-6-7-13-17-18-15(23-13)16-14(20)12-8-10-19(11-9-12)24(21,22)4-2/h12H,3-11H2,1-2H3,(H,16,18,20). The summed E-state index contributed by atoms with van der Waals surface area (Å²) >= 11 is 1.42. The number of anilines is 1.